The molecule has 1 heterocycles. The van der Waals surface area contributed by atoms with Gasteiger partial charge in [-0.25, -0.2) is 9.37 Å². The smallest absolute Gasteiger partial charge is 0.234 e. The highest BCUT2D eigenvalue weighted by Gasteiger charge is 2.09. The molecule has 24 heavy (non-hydrogen) atoms. The van der Waals surface area contributed by atoms with Crippen LogP contribution in [0.5, 0.6) is 0 Å². The molecule has 1 aromatic heterocycles. The molecular formula is C19H17FN2OS. The van der Waals surface area contributed by atoms with Gasteiger partial charge in [0, 0.05) is 5.39 Å². The molecule has 0 aliphatic rings. The lowest BCUT2D eigenvalue weighted by atomic mass is 10.1. The zero-order chi connectivity index (χ0) is 17.1. The van der Waals surface area contributed by atoms with Crippen LogP contribution in [0, 0.1) is 19.7 Å². The van der Waals surface area contributed by atoms with Gasteiger partial charge < -0.3 is 5.32 Å². The van der Waals surface area contributed by atoms with E-state index in [0.717, 1.165) is 27.1 Å². The van der Waals surface area contributed by atoms with E-state index in [0.29, 0.717) is 0 Å². The molecule has 1 amide bonds. The second-order valence-electron chi connectivity index (χ2n) is 5.57. The predicted octanol–water partition coefficient (Wildman–Crippen LogP) is 4.72. The number of rotatable bonds is 4. The molecule has 3 rings (SSSR count). The number of carbonyl (C=O) groups excluding carboxylic acids is 1. The lowest BCUT2D eigenvalue weighted by molar-refractivity contribution is -0.113. The minimum Gasteiger partial charge on any atom is -0.323 e. The Kier molecular flexibility index (Phi) is 4.81. The number of hydrogen-bond donors (Lipinski definition) is 1. The summed E-state index contributed by atoms with van der Waals surface area (Å²) in [4.78, 5) is 16.7. The number of anilines is 1. The molecular weight excluding hydrogens is 323 g/mol. The van der Waals surface area contributed by atoms with Crippen molar-refractivity contribution in [3.63, 3.8) is 0 Å². The highest BCUT2D eigenvalue weighted by Crippen LogP contribution is 2.25. The Morgan fingerprint density at radius 1 is 1.12 bits per heavy atom. The number of halogens is 1. The van der Waals surface area contributed by atoms with Crippen molar-refractivity contribution < 1.29 is 9.18 Å². The minimum atomic E-state index is -0.439. The number of para-hydroxylation sites is 2. The molecule has 0 radical (unpaired) electrons. The van der Waals surface area contributed by atoms with Crippen LogP contribution in [0.3, 0.4) is 0 Å². The highest BCUT2D eigenvalue weighted by molar-refractivity contribution is 7.99. The molecule has 0 fully saturated rings. The molecule has 0 atom stereocenters. The topological polar surface area (TPSA) is 42.0 Å². The normalized spacial score (nSPS) is 10.8. The van der Waals surface area contributed by atoms with E-state index in [4.69, 9.17) is 0 Å². The number of thioether (sulfide) groups is 1. The van der Waals surface area contributed by atoms with Gasteiger partial charge in [-0.15, -0.1) is 0 Å². The predicted molar refractivity (Wildman–Crippen MR) is 97.0 cm³/mol. The molecule has 0 unspecified atom stereocenters. The third-order valence-electron chi connectivity index (χ3n) is 3.72. The molecule has 3 nitrogen and oxygen atoms in total. The zero-order valence-electron chi connectivity index (χ0n) is 13.5. The highest BCUT2D eigenvalue weighted by atomic mass is 32.2. The van der Waals surface area contributed by atoms with E-state index in [9.17, 15) is 9.18 Å². The van der Waals surface area contributed by atoms with Crippen LogP contribution in [0.25, 0.3) is 10.9 Å². The van der Waals surface area contributed by atoms with Crippen molar-refractivity contribution >= 4 is 34.3 Å². The Labute approximate surface area is 144 Å². The number of carbonyl (C=O) groups is 1. The number of aryl methyl sites for hydroxylation is 2. The van der Waals surface area contributed by atoms with Gasteiger partial charge in [0.25, 0.3) is 0 Å². The van der Waals surface area contributed by atoms with E-state index in [1.165, 1.54) is 17.8 Å². The Morgan fingerprint density at radius 3 is 2.71 bits per heavy atom. The van der Waals surface area contributed by atoms with Crippen LogP contribution in [0.15, 0.2) is 53.6 Å². The van der Waals surface area contributed by atoms with E-state index in [1.807, 2.05) is 38.1 Å². The summed E-state index contributed by atoms with van der Waals surface area (Å²) in [5.41, 5.74) is 3.38. The molecule has 0 saturated heterocycles. The second-order valence-corrected chi connectivity index (χ2v) is 6.56. The molecule has 3 aromatic rings. The summed E-state index contributed by atoms with van der Waals surface area (Å²) in [6, 6.07) is 14.2. The molecule has 0 saturated carbocycles. The van der Waals surface area contributed by atoms with Gasteiger partial charge in [-0.1, -0.05) is 42.1 Å². The molecule has 0 bridgehead atoms. The third-order valence-corrected chi connectivity index (χ3v) is 4.64. The molecule has 0 spiro atoms. The number of fused-ring (bicyclic) bond motifs is 1. The fourth-order valence-corrected chi connectivity index (χ4v) is 3.26. The lowest BCUT2D eigenvalue weighted by Crippen LogP contribution is -2.15. The van der Waals surface area contributed by atoms with Crippen molar-refractivity contribution in [2.24, 2.45) is 0 Å². The van der Waals surface area contributed by atoms with Crippen LogP contribution in [-0.2, 0) is 4.79 Å². The first-order valence-electron chi connectivity index (χ1n) is 7.59. The van der Waals surface area contributed by atoms with Crippen LogP contribution in [0.4, 0.5) is 10.1 Å². The van der Waals surface area contributed by atoms with Gasteiger partial charge in [0.05, 0.1) is 22.0 Å². The Morgan fingerprint density at radius 2 is 1.92 bits per heavy atom. The number of pyridine rings is 1. The maximum atomic E-state index is 13.6. The average Bonchev–Trinajstić information content (AvgIpc) is 2.56. The minimum absolute atomic E-state index is 0.179. The fraction of sp³-hybridized carbons (Fsp3) is 0.158. The van der Waals surface area contributed by atoms with Gasteiger partial charge in [-0.2, -0.15) is 0 Å². The van der Waals surface area contributed by atoms with Gasteiger partial charge in [-0.05, 0) is 43.2 Å². The largest absolute Gasteiger partial charge is 0.323 e. The van der Waals surface area contributed by atoms with Crippen LogP contribution < -0.4 is 5.32 Å². The van der Waals surface area contributed by atoms with Gasteiger partial charge in [0.2, 0.25) is 5.91 Å². The lowest BCUT2D eigenvalue weighted by Gasteiger charge is -2.09. The van der Waals surface area contributed by atoms with Crippen LogP contribution in [0.2, 0.25) is 0 Å². The number of hydrogen-bond acceptors (Lipinski definition) is 3. The summed E-state index contributed by atoms with van der Waals surface area (Å²) in [5, 5.41) is 4.49. The van der Waals surface area contributed by atoms with Gasteiger partial charge >= 0.3 is 0 Å². The zero-order valence-corrected chi connectivity index (χ0v) is 14.3. The molecule has 0 aliphatic carbocycles. The first-order chi connectivity index (χ1) is 11.5. The maximum absolute atomic E-state index is 13.6. The van der Waals surface area contributed by atoms with Crippen molar-refractivity contribution in [1.29, 1.82) is 0 Å². The van der Waals surface area contributed by atoms with E-state index < -0.39 is 5.82 Å². The van der Waals surface area contributed by atoms with Crippen LogP contribution in [-0.4, -0.2) is 16.6 Å². The van der Waals surface area contributed by atoms with Gasteiger partial charge in [0.1, 0.15) is 5.82 Å². The van der Waals surface area contributed by atoms with Gasteiger partial charge in [0.15, 0.2) is 0 Å². The number of aromatic nitrogens is 1. The first-order valence-corrected chi connectivity index (χ1v) is 8.57. The molecule has 122 valence electrons. The number of nitrogens with one attached hydrogen (secondary N) is 1. The standard InChI is InChI=1S/C19H17FN2OS/c1-12-6-5-7-14-13(2)10-18(22-19(12)14)24-11-17(23)21-16-9-4-3-8-15(16)20/h3-10H,11H2,1-2H3,(H,21,23). The average molecular weight is 340 g/mol. The molecule has 2 aromatic carbocycles. The molecule has 5 heteroatoms. The number of benzene rings is 2. The SMILES string of the molecule is Cc1cc(SCC(=O)Nc2ccccc2F)nc2c(C)cccc12. The van der Waals surface area contributed by atoms with E-state index in [2.05, 4.69) is 10.3 Å². The van der Waals surface area contributed by atoms with Gasteiger partial charge in [-0.3, -0.25) is 4.79 Å². The van der Waals surface area contributed by atoms with Crippen molar-refractivity contribution in [3.8, 4) is 0 Å². The summed E-state index contributed by atoms with van der Waals surface area (Å²) in [5.74, 6) is -0.515. The Hall–Kier alpha value is -2.40. The second kappa shape index (κ2) is 7.01. The summed E-state index contributed by atoms with van der Waals surface area (Å²) in [6.45, 7) is 4.06. The van der Waals surface area contributed by atoms with E-state index >= 15 is 0 Å². The van der Waals surface area contributed by atoms with Crippen LogP contribution in [0.1, 0.15) is 11.1 Å². The van der Waals surface area contributed by atoms with E-state index in [1.54, 1.807) is 18.2 Å². The van der Waals surface area contributed by atoms with Crippen molar-refractivity contribution in [3.05, 3.63) is 65.5 Å². The van der Waals surface area contributed by atoms with Crippen LogP contribution >= 0.6 is 11.8 Å². The monoisotopic (exact) mass is 340 g/mol. The van der Waals surface area contributed by atoms with E-state index in [-0.39, 0.29) is 17.3 Å². The third kappa shape index (κ3) is 3.57. The summed E-state index contributed by atoms with van der Waals surface area (Å²) in [6.07, 6.45) is 0. The van der Waals surface area contributed by atoms with Crippen molar-refractivity contribution in [2.45, 2.75) is 18.9 Å². The Bertz CT molecular complexity index is 911. The first kappa shape index (κ1) is 16.5. The summed E-state index contributed by atoms with van der Waals surface area (Å²) >= 11 is 1.35. The molecule has 0 aliphatic heterocycles. The van der Waals surface area contributed by atoms with Crippen molar-refractivity contribution in [1.82, 2.24) is 4.98 Å². The molecule has 1 N–H and O–H groups in total. The number of nitrogens with zero attached hydrogens (tertiary/aromatic N) is 1. The Balaban J connectivity index is 1.73. The summed E-state index contributed by atoms with van der Waals surface area (Å²) in [7, 11) is 0. The summed E-state index contributed by atoms with van der Waals surface area (Å²) < 4.78 is 13.6. The quantitative estimate of drug-likeness (QED) is 0.699. The fourth-order valence-electron chi connectivity index (χ4n) is 2.49. The maximum Gasteiger partial charge on any atom is 0.234 e. The number of amides is 1. The van der Waals surface area contributed by atoms with Crippen molar-refractivity contribution in [2.75, 3.05) is 11.1 Å².